The Bertz CT molecular complexity index is 669. The fraction of sp³-hybridized carbons (Fsp3) is 0.417. The van der Waals surface area contributed by atoms with E-state index in [1.54, 1.807) is 18.3 Å². The van der Waals surface area contributed by atoms with E-state index in [1.165, 1.54) is 10.4 Å². The van der Waals surface area contributed by atoms with Crippen LogP contribution in [0.3, 0.4) is 0 Å². The zero-order valence-corrected chi connectivity index (χ0v) is 11.9. The van der Waals surface area contributed by atoms with Gasteiger partial charge in [-0.3, -0.25) is 0 Å². The number of carbonyl (C=O) groups excluding carboxylic acids is 1. The van der Waals surface area contributed by atoms with Crippen molar-refractivity contribution in [1.82, 2.24) is 9.97 Å². The molecule has 0 spiro atoms. The summed E-state index contributed by atoms with van der Waals surface area (Å²) >= 11 is 2.71. The number of nitrogen functional groups attached to an aromatic ring is 1. The van der Waals surface area contributed by atoms with Gasteiger partial charge in [-0.15, -0.1) is 11.3 Å². The van der Waals surface area contributed by atoms with Gasteiger partial charge in [0.1, 0.15) is 10.6 Å². The molecule has 1 aliphatic carbocycles. The molecule has 0 saturated carbocycles. The van der Waals surface area contributed by atoms with Crippen LogP contribution in [0.15, 0.2) is 5.16 Å². The lowest BCUT2D eigenvalue weighted by molar-refractivity contribution is -0.304. The Hall–Kier alpha value is -1.34. The molecule has 2 aromatic heterocycles. The minimum atomic E-state index is -1.12. The summed E-state index contributed by atoms with van der Waals surface area (Å²) in [4.78, 5) is 21.6. The Labute approximate surface area is 118 Å². The highest BCUT2D eigenvalue weighted by atomic mass is 32.2. The average Bonchev–Trinajstić information content (AvgIpc) is 2.87. The molecule has 0 aromatic carbocycles. The predicted octanol–water partition coefficient (Wildman–Crippen LogP) is 0.993. The molecule has 0 aliphatic heterocycles. The standard InChI is InChI=1S/C12H13N3O2S2/c1-5(11(16)17)18-12-14-9(13)8-6-3-2-4-7(6)19-10(8)15-12/h5H,2-4H2,1H3,(H,16,17)(H2,13,14,15)/p-1/t5-/m0/s1. The van der Waals surface area contributed by atoms with E-state index in [-0.39, 0.29) is 0 Å². The van der Waals surface area contributed by atoms with Crippen molar-refractivity contribution in [3.63, 3.8) is 0 Å². The van der Waals surface area contributed by atoms with Crippen LogP contribution < -0.4 is 10.8 Å². The number of nitrogens with zero attached hydrogens (tertiary/aromatic N) is 2. The number of aliphatic carboxylic acids is 1. The molecule has 100 valence electrons. The van der Waals surface area contributed by atoms with Gasteiger partial charge in [-0.1, -0.05) is 11.8 Å². The summed E-state index contributed by atoms with van der Waals surface area (Å²) in [7, 11) is 0. The number of thiophene rings is 1. The molecule has 0 amide bonds. The molecule has 0 unspecified atom stereocenters. The van der Waals surface area contributed by atoms with Crippen LogP contribution in [-0.2, 0) is 17.6 Å². The van der Waals surface area contributed by atoms with Crippen LogP contribution in [-0.4, -0.2) is 21.2 Å². The van der Waals surface area contributed by atoms with Crippen LogP contribution in [0.1, 0.15) is 23.8 Å². The van der Waals surface area contributed by atoms with Crippen molar-refractivity contribution < 1.29 is 9.90 Å². The van der Waals surface area contributed by atoms with Gasteiger partial charge in [-0.25, -0.2) is 9.97 Å². The van der Waals surface area contributed by atoms with Crippen LogP contribution in [0.2, 0.25) is 0 Å². The van der Waals surface area contributed by atoms with Crippen molar-refractivity contribution in [2.45, 2.75) is 36.6 Å². The van der Waals surface area contributed by atoms with Gasteiger partial charge < -0.3 is 15.6 Å². The molecule has 2 heterocycles. The van der Waals surface area contributed by atoms with Gasteiger partial charge >= 0.3 is 0 Å². The number of carboxylic acid groups (broad SMARTS) is 1. The topological polar surface area (TPSA) is 91.9 Å². The van der Waals surface area contributed by atoms with E-state index in [0.717, 1.165) is 41.2 Å². The van der Waals surface area contributed by atoms with E-state index in [9.17, 15) is 9.90 Å². The summed E-state index contributed by atoms with van der Waals surface area (Å²) in [6.45, 7) is 1.55. The molecule has 0 radical (unpaired) electrons. The highest BCUT2D eigenvalue weighted by molar-refractivity contribution is 8.00. The second kappa shape index (κ2) is 4.64. The average molecular weight is 294 g/mol. The number of aromatic nitrogens is 2. The lowest BCUT2D eigenvalue weighted by Gasteiger charge is -2.11. The van der Waals surface area contributed by atoms with Gasteiger partial charge in [0.2, 0.25) is 0 Å². The predicted molar refractivity (Wildman–Crippen MR) is 74.2 cm³/mol. The highest BCUT2D eigenvalue weighted by Gasteiger charge is 2.21. The first-order valence-corrected chi connectivity index (χ1v) is 7.71. The third kappa shape index (κ3) is 2.17. The number of anilines is 1. The number of nitrogens with two attached hydrogens (primary N) is 1. The van der Waals surface area contributed by atoms with E-state index in [2.05, 4.69) is 9.97 Å². The number of fused-ring (bicyclic) bond motifs is 3. The minimum absolute atomic E-state index is 0.404. The Balaban J connectivity index is 2.03. The number of carboxylic acids is 1. The van der Waals surface area contributed by atoms with Crippen LogP contribution in [0.4, 0.5) is 5.82 Å². The largest absolute Gasteiger partial charge is 0.549 e. The van der Waals surface area contributed by atoms with Crippen molar-refractivity contribution in [3.05, 3.63) is 10.4 Å². The molecule has 1 aliphatic rings. The number of aryl methyl sites for hydroxylation is 2. The third-order valence-corrected chi connectivity index (χ3v) is 5.31. The Kier molecular flexibility index (Phi) is 3.10. The van der Waals surface area contributed by atoms with E-state index >= 15 is 0 Å². The summed E-state index contributed by atoms with van der Waals surface area (Å²) in [6.07, 6.45) is 3.27. The van der Waals surface area contributed by atoms with E-state index in [1.807, 2.05) is 0 Å². The molecule has 7 heteroatoms. The highest BCUT2D eigenvalue weighted by Crippen LogP contribution is 2.39. The molecule has 0 fully saturated rings. The zero-order valence-electron chi connectivity index (χ0n) is 10.3. The maximum atomic E-state index is 10.7. The van der Waals surface area contributed by atoms with Gasteiger partial charge in [0, 0.05) is 10.1 Å². The lowest BCUT2D eigenvalue weighted by atomic mass is 10.2. The fourth-order valence-corrected chi connectivity index (χ4v) is 4.30. The number of hydrogen-bond donors (Lipinski definition) is 1. The molecule has 2 N–H and O–H groups in total. The van der Waals surface area contributed by atoms with Crippen molar-refractivity contribution >= 4 is 45.1 Å². The molecule has 19 heavy (non-hydrogen) atoms. The van der Waals surface area contributed by atoms with E-state index < -0.39 is 11.2 Å². The van der Waals surface area contributed by atoms with Gasteiger partial charge in [-0.05, 0) is 31.7 Å². The monoisotopic (exact) mass is 294 g/mol. The van der Waals surface area contributed by atoms with Gasteiger partial charge in [0.15, 0.2) is 5.16 Å². The SMILES string of the molecule is C[C@H](Sc1nc(N)c2c3c(sc2n1)CCC3)C(=O)[O-]. The molecule has 3 rings (SSSR count). The van der Waals surface area contributed by atoms with Crippen molar-refractivity contribution in [1.29, 1.82) is 0 Å². The summed E-state index contributed by atoms with van der Waals surface area (Å²) in [5.41, 5.74) is 7.29. The summed E-state index contributed by atoms with van der Waals surface area (Å²) in [5.74, 6) is -0.668. The first-order chi connectivity index (χ1) is 9.06. The quantitative estimate of drug-likeness (QED) is 0.670. The molecular weight excluding hydrogens is 282 g/mol. The van der Waals surface area contributed by atoms with Gasteiger partial charge in [0.05, 0.1) is 11.4 Å². The smallest absolute Gasteiger partial charge is 0.191 e. The number of hydrogen-bond acceptors (Lipinski definition) is 7. The maximum absolute atomic E-state index is 10.7. The molecule has 0 bridgehead atoms. The summed E-state index contributed by atoms with van der Waals surface area (Å²) in [6, 6.07) is 0. The van der Waals surface area contributed by atoms with Crippen LogP contribution in [0.5, 0.6) is 0 Å². The van der Waals surface area contributed by atoms with Crippen molar-refractivity contribution in [2.75, 3.05) is 5.73 Å². The van der Waals surface area contributed by atoms with Crippen molar-refractivity contribution in [2.24, 2.45) is 0 Å². The van der Waals surface area contributed by atoms with Crippen LogP contribution in [0.25, 0.3) is 10.2 Å². The first-order valence-electron chi connectivity index (χ1n) is 6.01. The van der Waals surface area contributed by atoms with Gasteiger partial charge in [0.25, 0.3) is 0 Å². The van der Waals surface area contributed by atoms with E-state index in [4.69, 9.17) is 5.73 Å². The Morgan fingerprint density at radius 3 is 3.00 bits per heavy atom. The van der Waals surface area contributed by atoms with Crippen LogP contribution in [0, 0.1) is 0 Å². The molecular formula is C12H12N3O2S2-. The summed E-state index contributed by atoms with van der Waals surface area (Å²) < 4.78 is 0. The Morgan fingerprint density at radius 2 is 2.26 bits per heavy atom. The van der Waals surface area contributed by atoms with Gasteiger partial charge in [-0.2, -0.15) is 0 Å². The molecule has 5 nitrogen and oxygen atoms in total. The molecule has 1 atom stereocenters. The molecule has 0 saturated heterocycles. The normalized spacial score (nSPS) is 15.6. The number of thioether (sulfide) groups is 1. The summed E-state index contributed by atoms with van der Waals surface area (Å²) in [5, 5.41) is 11.4. The lowest BCUT2D eigenvalue weighted by Crippen LogP contribution is -2.31. The first kappa shape index (κ1) is 12.7. The number of rotatable bonds is 3. The number of carbonyl (C=O) groups is 1. The zero-order chi connectivity index (χ0) is 13.6. The molecule has 2 aromatic rings. The van der Waals surface area contributed by atoms with Crippen LogP contribution >= 0.6 is 23.1 Å². The van der Waals surface area contributed by atoms with Crippen molar-refractivity contribution in [3.8, 4) is 0 Å². The van der Waals surface area contributed by atoms with E-state index in [0.29, 0.717) is 11.0 Å². The minimum Gasteiger partial charge on any atom is -0.549 e. The third-order valence-electron chi connectivity index (χ3n) is 3.19. The second-order valence-electron chi connectivity index (χ2n) is 4.51. The fourth-order valence-electron chi connectivity index (χ4n) is 2.26. The maximum Gasteiger partial charge on any atom is 0.191 e. The second-order valence-corrected chi connectivity index (χ2v) is 6.90. The Morgan fingerprint density at radius 1 is 1.47 bits per heavy atom.